The van der Waals surface area contributed by atoms with Crippen LogP contribution in [0.25, 0.3) is 11.1 Å². The molecule has 2 aromatic heterocycles. The molecule has 2 aromatic carbocycles. The minimum Gasteiger partial charge on any atom is -0.479 e. The molecule has 0 radical (unpaired) electrons. The van der Waals surface area contributed by atoms with Crippen LogP contribution in [0.3, 0.4) is 0 Å². The Morgan fingerprint density at radius 3 is 2.40 bits per heavy atom. The normalized spacial score (nSPS) is 16.8. The Morgan fingerprint density at radius 1 is 1.00 bits per heavy atom. The zero-order valence-corrected chi connectivity index (χ0v) is 31.9. The molecule has 2 aliphatic heterocycles. The first-order valence-corrected chi connectivity index (χ1v) is 18.6. The van der Waals surface area contributed by atoms with Gasteiger partial charge in [0.2, 0.25) is 0 Å². The van der Waals surface area contributed by atoms with E-state index in [0.29, 0.717) is 24.3 Å². The second kappa shape index (κ2) is 15.4. The van der Waals surface area contributed by atoms with Crippen molar-refractivity contribution in [2.45, 2.75) is 106 Å². The second-order valence-corrected chi connectivity index (χ2v) is 16.4. The van der Waals surface area contributed by atoms with E-state index in [2.05, 4.69) is 52.1 Å². The standard InChI is InChI=1S/C43H54FN5O3/c1-28-22-35(44)11-10-33(28)26-48-19-14-31-23-32(8-9-34(31)27-48)38-36(25-46-24-30-12-17-45-18-13-30)47-29(2)37(40(41(50)51)52-42(3,4)5)39(38)49-20-15-43(6,7)16-21-49/h8-13,17-18,22-23,40,46H,14-16,19-21,24-27H2,1-7H3,(H,50,51)/t40-/m0/s1. The number of rotatable bonds is 11. The van der Waals surface area contributed by atoms with Gasteiger partial charge >= 0.3 is 5.97 Å². The number of piperidine rings is 1. The first-order valence-electron chi connectivity index (χ1n) is 18.6. The number of aryl methyl sites for hydroxylation is 2. The number of aromatic nitrogens is 2. The van der Waals surface area contributed by atoms with Crippen molar-refractivity contribution in [1.29, 1.82) is 0 Å². The Labute approximate surface area is 308 Å². The predicted octanol–water partition coefficient (Wildman–Crippen LogP) is 8.31. The summed E-state index contributed by atoms with van der Waals surface area (Å²) in [5, 5.41) is 14.3. The molecular formula is C43H54FN5O3. The summed E-state index contributed by atoms with van der Waals surface area (Å²) < 4.78 is 20.2. The third-order valence-corrected chi connectivity index (χ3v) is 10.5. The van der Waals surface area contributed by atoms with Gasteiger partial charge in [0.05, 0.1) is 17.0 Å². The lowest BCUT2D eigenvalue weighted by atomic mass is 9.81. The minimum atomic E-state index is -1.18. The maximum atomic E-state index is 13.8. The fourth-order valence-corrected chi connectivity index (χ4v) is 7.56. The number of hydrogen-bond donors (Lipinski definition) is 2. The van der Waals surface area contributed by atoms with Crippen LogP contribution in [0, 0.1) is 25.1 Å². The second-order valence-electron chi connectivity index (χ2n) is 16.4. The van der Waals surface area contributed by atoms with E-state index in [-0.39, 0.29) is 11.2 Å². The number of carboxylic acid groups (broad SMARTS) is 1. The summed E-state index contributed by atoms with van der Waals surface area (Å²) in [5.41, 5.74) is 10.4. The summed E-state index contributed by atoms with van der Waals surface area (Å²) in [4.78, 5) is 27.3. The van der Waals surface area contributed by atoms with Gasteiger partial charge in [0.1, 0.15) is 5.82 Å². The van der Waals surface area contributed by atoms with E-state index in [0.717, 1.165) is 91.2 Å². The van der Waals surface area contributed by atoms with E-state index in [9.17, 15) is 14.3 Å². The van der Waals surface area contributed by atoms with Crippen molar-refractivity contribution in [3.8, 4) is 11.1 Å². The Bertz CT molecular complexity index is 1900. The van der Waals surface area contributed by atoms with E-state index >= 15 is 0 Å². The van der Waals surface area contributed by atoms with Gasteiger partial charge in [0.25, 0.3) is 0 Å². The Kier molecular flexibility index (Phi) is 11.1. The maximum absolute atomic E-state index is 13.8. The Balaban J connectivity index is 1.45. The molecule has 0 unspecified atom stereocenters. The lowest BCUT2D eigenvalue weighted by Crippen LogP contribution is -2.39. The van der Waals surface area contributed by atoms with Gasteiger partial charge in [-0.25, -0.2) is 9.18 Å². The first kappa shape index (κ1) is 37.6. The zero-order chi connectivity index (χ0) is 37.2. The summed E-state index contributed by atoms with van der Waals surface area (Å²) in [6, 6.07) is 15.8. The average Bonchev–Trinajstić information content (AvgIpc) is 3.08. The van der Waals surface area contributed by atoms with Crippen molar-refractivity contribution >= 4 is 11.7 Å². The highest BCUT2D eigenvalue weighted by Crippen LogP contribution is 2.45. The van der Waals surface area contributed by atoms with Crippen molar-refractivity contribution in [1.82, 2.24) is 20.2 Å². The average molecular weight is 708 g/mol. The highest BCUT2D eigenvalue weighted by atomic mass is 19.1. The predicted molar refractivity (Wildman–Crippen MR) is 205 cm³/mol. The zero-order valence-electron chi connectivity index (χ0n) is 31.9. The number of carbonyl (C=O) groups is 1. The number of pyridine rings is 2. The van der Waals surface area contributed by atoms with Crippen LogP contribution in [0.2, 0.25) is 0 Å². The van der Waals surface area contributed by atoms with Crippen molar-refractivity contribution in [3.63, 3.8) is 0 Å². The monoisotopic (exact) mass is 707 g/mol. The summed E-state index contributed by atoms with van der Waals surface area (Å²) in [6.07, 6.45) is 5.28. The number of ether oxygens (including phenoxy) is 1. The summed E-state index contributed by atoms with van der Waals surface area (Å²) in [7, 11) is 0. The number of nitrogens with zero attached hydrogens (tertiary/aromatic N) is 4. The number of fused-ring (bicyclic) bond motifs is 1. The summed E-state index contributed by atoms with van der Waals surface area (Å²) >= 11 is 0. The van der Waals surface area contributed by atoms with Gasteiger partial charge in [-0.05, 0) is 117 Å². The van der Waals surface area contributed by atoms with Crippen molar-refractivity contribution in [2.24, 2.45) is 5.41 Å². The molecule has 8 nitrogen and oxygen atoms in total. The van der Waals surface area contributed by atoms with Crippen LogP contribution in [0.4, 0.5) is 10.1 Å². The van der Waals surface area contributed by atoms with Gasteiger partial charge in [-0.2, -0.15) is 0 Å². The molecule has 1 fully saturated rings. The Hall–Kier alpha value is -4.18. The minimum absolute atomic E-state index is 0.200. The molecule has 9 heteroatoms. The summed E-state index contributed by atoms with van der Waals surface area (Å²) in [6.45, 7) is 19.5. The molecular weight excluding hydrogens is 654 g/mol. The topological polar surface area (TPSA) is 90.8 Å². The smallest absolute Gasteiger partial charge is 0.337 e. The molecule has 1 saturated heterocycles. The molecule has 4 aromatic rings. The van der Waals surface area contributed by atoms with Gasteiger partial charge in [-0.15, -0.1) is 0 Å². The molecule has 276 valence electrons. The van der Waals surface area contributed by atoms with Crippen LogP contribution in [-0.2, 0) is 42.1 Å². The number of anilines is 1. The van der Waals surface area contributed by atoms with Crippen molar-refractivity contribution in [2.75, 3.05) is 24.5 Å². The van der Waals surface area contributed by atoms with Gasteiger partial charge in [-0.1, -0.05) is 38.1 Å². The van der Waals surface area contributed by atoms with Crippen molar-refractivity contribution < 1.29 is 19.0 Å². The van der Waals surface area contributed by atoms with E-state index < -0.39 is 17.7 Å². The quantitative estimate of drug-likeness (QED) is 0.161. The van der Waals surface area contributed by atoms with Crippen LogP contribution in [0.15, 0.2) is 60.9 Å². The van der Waals surface area contributed by atoms with Gasteiger partial charge < -0.3 is 20.1 Å². The SMILES string of the molecule is Cc1cc(F)ccc1CN1CCc2cc(-c3c(CNCc4ccncc4)nc(C)c([C@H](OC(C)(C)C)C(=O)O)c3N3CCC(C)(C)CC3)ccc2C1. The molecule has 2 N–H and O–H groups in total. The molecule has 0 bridgehead atoms. The highest BCUT2D eigenvalue weighted by molar-refractivity contribution is 5.88. The number of benzene rings is 2. The first-order chi connectivity index (χ1) is 24.7. The van der Waals surface area contributed by atoms with Crippen molar-refractivity contribution in [3.05, 3.63) is 112 Å². The van der Waals surface area contributed by atoms with Crippen LogP contribution in [-0.4, -0.2) is 51.2 Å². The largest absolute Gasteiger partial charge is 0.479 e. The molecule has 2 aliphatic rings. The number of carboxylic acids is 1. The molecule has 6 rings (SSSR count). The Morgan fingerprint density at radius 2 is 1.73 bits per heavy atom. The van der Waals surface area contributed by atoms with Crippen LogP contribution in [0.5, 0.6) is 0 Å². The molecule has 52 heavy (non-hydrogen) atoms. The van der Waals surface area contributed by atoms with Gasteiger partial charge in [0.15, 0.2) is 6.10 Å². The fourth-order valence-electron chi connectivity index (χ4n) is 7.56. The number of hydrogen-bond acceptors (Lipinski definition) is 7. The van der Waals surface area contributed by atoms with Crippen LogP contribution in [0.1, 0.15) is 98.3 Å². The molecule has 1 atom stereocenters. The lowest BCUT2D eigenvalue weighted by molar-refractivity contribution is -0.160. The highest BCUT2D eigenvalue weighted by Gasteiger charge is 2.37. The lowest BCUT2D eigenvalue weighted by Gasteiger charge is -2.41. The molecule has 0 amide bonds. The third kappa shape index (κ3) is 8.88. The molecule has 4 heterocycles. The number of halogens is 1. The van der Waals surface area contributed by atoms with Gasteiger partial charge in [0, 0.05) is 75.0 Å². The van der Waals surface area contributed by atoms with Crippen LogP contribution < -0.4 is 10.2 Å². The number of aliphatic carboxylic acids is 1. The summed E-state index contributed by atoms with van der Waals surface area (Å²) in [5.74, 6) is -1.22. The van der Waals surface area contributed by atoms with E-state index in [1.54, 1.807) is 24.5 Å². The van der Waals surface area contributed by atoms with E-state index in [4.69, 9.17) is 9.72 Å². The van der Waals surface area contributed by atoms with E-state index in [1.165, 1.54) is 11.1 Å². The molecule has 0 spiro atoms. The van der Waals surface area contributed by atoms with Gasteiger partial charge in [-0.3, -0.25) is 14.9 Å². The molecule has 0 saturated carbocycles. The fraction of sp³-hybridized carbons (Fsp3) is 0.465. The van der Waals surface area contributed by atoms with Crippen LogP contribution >= 0.6 is 0 Å². The third-order valence-electron chi connectivity index (χ3n) is 10.5. The van der Waals surface area contributed by atoms with E-state index in [1.807, 2.05) is 52.8 Å². The molecule has 0 aliphatic carbocycles. The maximum Gasteiger partial charge on any atom is 0.337 e. The number of nitrogens with one attached hydrogen (secondary N) is 1.